The first-order chi connectivity index (χ1) is 9.78. The number of nitrogens with zero attached hydrogens (tertiary/aromatic N) is 2. The van der Waals surface area contributed by atoms with Crippen LogP contribution in [0.15, 0.2) is 53.6 Å². The molecule has 0 aliphatic carbocycles. The largest absolute Gasteiger partial charge is 0.497 e. The van der Waals surface area contributed by atoms with Crippen molar-refractivity contribution in [1.82, 2.24) is 5.01 Å². The number of likely N-dealkylation sites (N-methyl/N-ethyl adjacent to an activating group) is 1. The van der Waals surface area contributed by atoms with Gasteiger partial charge in [-0.25, -0.2) is 0 Å². The highest BCUT2D eigenvalue weighted by Gasteiger charge is 2.21. The summed E-state index contributed by atoms with van der Waals surface area (Å²) in [6.07, 6.45) is 2.87. The molecule has 0 amide bonds. The highest BCUT2D eigenvalue weighted by atomic mass is 16.5. The Morgan fingerprint density at radius 1 is 1.10 bits per heavy atom. The van der Waals surface area contributed by atoms with Crippen molar-refractivity contribution in [3.8, 4) is 5.75 Å². The quantitative estimate of drug-likeness (QED) is 0.852. The molecular weight excluding hydrogens is 248 g/mol. The summed E-state index contributed by atoms with van der Waals surface area (Å²) in [6.45, 7) is 0. The molecule has 3 rings (SSSR count). The molecule has 0 aromatic heterocycles. The highest BCUT2D eigenvalue weighted by molar-refractivity contribution is 5.82. The van der Waals surface area contributed by atoms with Gasteiger partial charge >= 0.3 is 0 Å². The molecule has 3 nitrogen and oxygen atoms in total. The maximum absolute atomic E-state index is 5.20. The maximum atomic E-state index is 5.20. The fraction of sp³-hybridized carbons (Fsp3) is 0.235. The SMILES string of the molecule is COc1ccc(CC2c3ccccc3C=NN2C)cc1. The summed E-state index contributed by atoms with van der Waals surface area (Å²) in [7, 11) is 3.72. The van der Waals surface area contributed by atoms with Gasteiger partial charge < -0.3 is 4.74 Å². The second kappa shape index (κ2) is 5.37. The van der Waals surface area contributed by atoms with E-state index in [1.54, 1.807) is 7.11 Å². The van der Waals surface area contributed by atoms with E-state index in [-0.39, 0.29) is 6.04 Å². The molecule has 20 heavy (non-hydrogen) atoms. The Morgan fingerprint density at radius 3 is 2.60 bits per heavy atom. The van der Waals surface area contributed by atoms with E-state index in [9.17, 15) is 0 Å². The molecule has 0 fully saturated rings. The third-order valence-electron chi connectivity index (χ3n) is 3.77. The van der Waals surface area contributed by atoms with Crippen LogP contribution in [0.25, 0.3) is 0 Å². The minimum absolute atomic E-state index is 0.282. The van der Waals surface area contributed by atoms with E-state index in [4.69, 9.17) is 4.74 Å². The fourth-order valence-electron chi connectivity index (χ4n) is 2.59. The molecule has 2 aromatic carbocycles. The molecule has 2 aromatic rings. The molecule has 0 saturated carbocycles. The van der Waals surface area contributed by atoms with E-state index < -0.39 is 0 Å². The lowest BCUT2D eigenvalue weighted by Gasteiger charge is -2.30. The van der Waals surface area contributed by atoms with Gasteiger partial charge in [-0.05, 0) is 35.2 Å². The summed E-state index contributed by atoms with van der Waals surface area (Å²) < 4.78 is 5.20. The summed E-state index contributed by atoms with van der Waals surface area (Å²) in [4.78, 5) is 0. The van der Waals surface area contributed by atoms with Crippen LogP contribution in [0.3, 0.4) is 0 Å². The highest BCUT2D eigenvalue weighted by Crippen LogP contribution is 2.29. The van der Waals surface area contributed by atoms with Crippen LogP contribution >= 0.6 is 0 Å². The van der Waals surface area contributed by atoms with Crippen molar-refractivity contribution >= 4 is 6.21 Å². The number of hydrogen-bond acceptors (Lipinski definition) is 3. The predicted molar refractivity (Wildman–Crippen MR) is 81.2 cm³/mol. The van der Waals surface area contributed by atoms with Crippen molar-refractivity contribution in [1.29, 1.82) is 0 Å². The van der Waals surface area contributed by atoms with Crippen molar-refractivity contribution in [2.75, 3.05) is 14.2 Å². The van der Waals surface area contributed by atoms with Gasteiger partial charge in [0.15, 0.2) is 0 Å². The van der Waals surface area contributed by atoms with E-state index in [0.717, 1.165) is 12.2 Å². The minimum Gasteiger partial charge on any atom is -0.497 e. The van der Waals surface area contributed by atoms with Crippen LogP contribution < -0.4 is 4.74 Å². The van der Waals surface area contributed by atoms with Crippen molar-refractivity contribution in [2.45, 2.75) is 12.5 Å². The van der Waals surface area contributed by atoms with Crippen LogP contribution in [0, 0.1) is 0 Å². The van der Waals surface area contributed by atoms with Gasteiger partial charge in [0.25, 0.3) is 0 Å². The number of rotatable bonds is 3. The average molecular weight is 266 g/mol. The number of benzene rings is 2. The topological polar surface area (TPSA) is 24.8 Å². The van der Waals surface area contributed by atoms with Crippen LogP contribution in [-0.2, 0) is 6.42 Å². The van der Waals surface area contributed by atoms with E-state index in [1.165, 1.54) is 16.7 Å². The van der Waals surface area contributed by atoms with Gasteiger partial charge in [-0.1, -0.05) is 36.4 Å². The summed E-state index contributed by atoms with van der Waals surface area (Å²) in [5.74, 6) is 0.893. The van der Waals surface area contributed by atoms with E-state index >= 15 is 0 Å². The van der Waals surface area contributed by atoms with Gasteiger partial charge in [0.1, 0.15) is 5.75 Å². The molecular formula is C17H18N2O. The molecule has 0 spiro atoms. The van der Waals surface area contributed by atoms with E-state index in [0.29, 0.717) is 0 Å². The zero-order valence-corrected chi connectivity index (χ0v) is 11.8. The number of methoxy groups -OCH3 is 1. The molecule has 1 heterocycles. The van der Waals surface area contributed by atoms with Gasteiger partial charge in [0.2, 0.25) is 0 Å². The lowest BCUT2D eigenvalue weighted by Crippen LogP contribution is -2.26. The lowest BCUT2D eigenvalue weighted by atomic mass is 9.94. The van der Waals surface area contributed by atoms with Gasteiger partial charge in [0, 0.05) is 7.05 Å². The Hall–Kier alpha value is -2.29. The van der Waals surface area contributed by atoms with E-state index in [1.807, 2.05) is 30.4 Å². The molecule has 0 bridgehead atoms. The smallest absolute Gasteiger partial charge is 0.118 e. The molecule has 1 aliphatic rings. The Balaban J connectivity index is 1.87. The van der Waals surface area contributed by atoms with Crippen LogP contribution in [-0.4, -0.2) is 25.4 Å². The summed E-state index contributed by atoms with van der Waals surface area (Å²) in [5.41, 5.74) is 3.83. The molecule has 1 aliphatic heterocycles. The normalized spacial score (nSPS) is 16.9. The van der Waals surface area contributed by atoms with E-state index in [2.05, 4.69) is 41.5 Å². The second-order valence-corrected chi connectivity index (χ2v) is 5.02. The third-order valence-corrected chi connectivity index (χ3v) is 3.77. The molecule has 1 unspecified atom stereocenters. The van der Waals surface area contributed by atoms with Crippen LogP contribution in [0.1, 0.15) is 22.7 Å². The Labute approximate surface area is 119 Å². The standard InChI is InChI=1S/C17H18N2O/c1-19-17(11-13-7-9-15(20-2)10-8-13)16-6-4-3-5-14(16)12-18-19/h3-10,12,17H,11H2,1-2H3. The second-order valence-electron chi connectivity index (χ2n) is 5.02. The van der Waals surface area contributed by atoms with Gasteiger partial charge in [-0.15, -0.1) is 0 Å². The van der Waals surface area contributed by atoms with Crippen LogP contribution in [0.4, 0.5) is 0 Å². The van der Waals surface area contributed by atoms with Gasteiger partial charge in [0.05, 0.1) is 19.4 Å². The number of fused-ring (bicyclic) bond motifs is 1. The molecule has 0 radical (unpaired) electrons. The maximum Gasteiger partial charge on any atom is 0.118 e. The van der Waals surface area contributed by atoms with Crippen LogP contribution in [0.5, 0.6) is 5.75 Å². The summed E-state index contributed by atoms with van der Waals surface area (Å²) in [5, 5.41) is 6.50. The summed E-state index contributed by atoms with van der Waals surface area (Å²) >= 11 is 0. The fourth-order valence-corrected chi connectivity index (χ4v) is 2.59. The molecule has 0 saturated heterocycles. The zero-order valence-electron chi connectivity index (χ0n) is 11.8. The third kappa shape index (κ3) is 2.39. The van der Waals surface area contributed by atoms with Crippen molar-refractivity contribution in [3.05, 3.63) is 65.2 Å². The van der Waals surface area contributed by atoms with Gasteiger partial charge in [-0.2, -0.15) is 5.10 Å². The molecule has 102 valence electrons. The number of hydrazone groups is 1. The van der Waals surface area contributed by atoms with Crippen molar-refractivity contribution in [3.63, 3.8) is 0 Å². The minimum atomic E-state index is 0.282. The monoisotopic (exact) mass is 266 g/mol. The number of ether oxygens (including phenoxy) is 1. The lowest BCUT2D eigenvalue weighted by molar-refractivity contribution is 0.251. The molecule has 3 heteroatoms. The summed E-state index contributed by atoms with van der Waals surface area (Å²) in [6, 6.07) is 17.0. The Bertz CT molecular complexity index is 619. The zero-order chi connectivity index (χ0) is 13.9. The molecule has 0 N–H and O–H groups in total. The Kier molecular flexibility index (Phi) is 3.42. The van der Waals surface area contributed by atoms with Crippen molar-refractivity contribution in [2.24, 2.45) is 5.10 Å². The first kappa shape index (κ1) is 12.7. The Morgan fingerprint density at radius 2 is 1.85 bits per heavy atom. The molecule has 1 atom stereocenters. The first-order valence-electron chi connectivity index (χ1n) is 6.76. The predicted octanol–water partition coefficient (Wildman–Crippen LogP) is 3.26. The van der Waals surface area contributed by atoms with Gasteiger partial charge in [-0.3, -0.25) is 5.01 Å². The first-order valence-corrected chi connectivity index (χ1v) is 6.76. The number of hydrogen-bond donors (Lipinski definition) is 0. The average Bonchev–Trinajstić information content (AvgIpc) is 2.51. The van der Waals surface area contributed by atoms with Crippen molar-refractivity contribution < 1.29 is 4.74 Å². The van der Waals surface area contributed by atoms with Crippen LogP contribution in [0.2, 0.25) is 0 Å².